The summed E-state index contributed by atoms with van der Waals surface area (Å²) in [7, 11) is 0. The lowest BCUT2D eigenvalue weighted by Crippen LogP contribution is -2.36. The molecule has 1 heterocycles. The number of hydrogen-bond donors (Lipinski definition) is 1. The molecule has 1 aliphatic heterocycles. The van der Waals surface area contributed by atoms with E-state index in [1.54, 1.807) is 12.3 Å². The fourth-order valence-electron chi connectivity index (χ4n) is 3.62. The number of nitrogens with zero attached hydrogens (tertiary/aromatic N) is 2. The Morgan fingerprint density at radius 1 is 1.08 bits per heavy atom. The lowest BCUT2D eigenvalue weighted by Gasteiger charge is -2.28. The van der Waals surface area contributed by atoms with E-state index < -0.39 is 0 Å². The van der Waals surface area contributed by atoms with Crippen LogP contribution in [0.5, 0.6) is 11.5 Å². The van der Waals surface area contributed by atoms with E-state index in [1.807, 2.05) is 25.1 Å². The van der Waals surface area contributed by atoms with E-state index in [4.69, 9.17) is 14.2 Å². The van der Waals surface area contributed by atoms with Crippen molar-refractivity contribution in [1.29, 1.82) is 0 Å². The molecule has 0 aliphatic carbocycles. The Balaban J connectivity index is 1.41. The normalized spacial score (nSPS) is 13.6. The van der Waals surface area contributed by atoms with Crippen molar-refractivity contribution in [1.82, 2.24) is 0 Å². The number of halogens is 2. The first kappa shape index (κ1) is 25.7. The summed E-state index contributed by atoms with van der Waals surface area (Å²) >= 11 is 3.56. The Kier molecular flexibility index (Phi) is 8.91. The summed E-state index contributed by atoms with van der Waals surface area (Å²) in [6, 6.07) is 17.2. The second-order valence-electron chi connectivity index (χ2n) is 7.97. The molecule has 4 rings (SSSR count). The third-order valence-corrected chi connectivity index (χ3v) is 6.12. The van der Waals surface area contributed by atoms with Gasteiger partial charge in [0.25, 0.3) is 5.91 Å². The fourth-order valence-corrected chi connectivity index (χ4v) is 4.04. The third-order valence-electron chi connectivity index (χ3n) is 5.43. The van der Waals surface area contributed by atoms with E-state index in [1.165, 1.54) is 24.3 Å². The van der Waals surface area contributed by atoms with Crippen LogP contribution in [0.4, 0.5) is 21.5 Å². The molecule has 0 aromatic heterocycles. The second-order valence-corrected chi connectivity index (χ2v) is 8.83. The van der Waals surface area contributed by atoms with Crippen LogP contribution in [0.1, 0.15) is 12.5 Å². The number of carbonyl (C=O) groups excluding carboxylic acids is 1. The molecule has 0 atom stereocenters. The van der Waals surface area contributed by atoms with Gasteiger partial charge in [0.05, 0.1) is 25.5 Å². The molecule has 0 radical (unpaired) electrons. The molecule has 9 heteroatoms. The third kappa shape index (κ3) is 7.05. The first-order valence-corrected chi connectivity index (χ1v) is 12.4. The largest absolute Gasteiger partial charge is 0.490 e. The summed E-state index contributed by atoms with van der Waals surface area (Å²) in [5.41, 5.74) is 3.27. The Morgan fingerprint density at radius 2 is 1.78 bits per heavy atom. The maximum Gasteiger partial charge on any atom is 0.262 e. The van der Waals surface area contributed by atoms with E-state index in [2.05, 4.69) is 43.3 Å². The minimum atomic E-state index is -0.371. The van der Waals surface area contributed by atoms with Crippen LogP contribution in [0.25, 0.3) is 0 Å². The summed E-state index contributed by atoms with van der Waals surface area (Å²) in [4.78, 5) is 19.2. The predicted molar refractivity (Wildman–Crippen MR) is 143 cm³/mol. The van der Waals surface area contributed by atoms with Gasteiger partial charge in [0, 0.05) is 40.7 Å². The molecule has 7 nitrogen and oxygen atoms in total. The van der Waals surface area contributed by atoms with Crippen molar-refractivity contribution in [2.75, 3.05) is 49.7 Å². The number of morpholine rings is 1. The molecule has 0 saturated carbocycles. The monoisotopic (exact) mass is 555 g/mol. The average Bonchev–Trinajstić information content (AvgIpc) is 2.90. The van der Waals surface area contributed by atoms with Gasteiger partial charge in [-0.25, -0.2) is 4.39 Å². The molecule has 1 aliphatic rings. The molecule has 188 valence electrons. The number of rotatable bonds is 9. The molecule has 3 aromatic rings. The molecule has 0 spiro atoms. The highest BCUT2D eigenvalue weighted by Crippen LogP contribution is 2.33. The van der Waals surface area contributed by atoms with Gasteiger partial charge in [0.15, 0.2) is 18.1 Å². The summed E-state index contributed by atoms with van der Waals surface area (Å²) in [5, 5.41) is 2.67. The van der Waals surface area contributed by atoms with Gasteiger partial charge in [-0.3, -0.25) is 9.79 Å². The van der Waals surface area contributed by atoms with Gasteiger partial charge in [-0.1, -0.05) is 0 Å². The fraction of sp³-hybridized carbons (Fsp3) is 0.259. The standard InChI is InChI=1S/C27H27BrFN3O4/c1-2-35-25-15-19(17-30-21-7-9-23(10-8-21)32-11-13-34-14-12-32)24(28)16-26(25)36-18-27(33)31-22-5-3-20(29)4-6-22/h3-10,15-17H,2,11-14,18H2,1H3,(H,31,33). The van der Waals surface area contributed by atoms with Gasteiger partial charge in [-0.05, 0) is 83.5 Å². The minimum Gasteiger partial charge on any atom is -0.490 e. The lowest BCUT2D eigenvalue weighted by molar-refractivity contribution is -0.118. The number of carbonyl (C=O) groups is 1. The molecular formula is C27H27BrFN3O4. The van der Waals surface area contributed by atoms with Crippen molar-refractivity contribution in [3.05, 3.63) is 76.5 Å². The van der Waals surface area contributed by atoms with Crippen molar-refractivity contribution in [2.45, 2.75) is 6.92 Å². The van der Waals surface area contributed by atoms with E-state index >= 15 is 0 Å². The van der Waals surface area contributed by atoms with Crippen LogP contribution in [0.15, 0.2) is 70.1 Å². The van der Waals surface area contributed by atoms with Crippen LogP contribution >= 0.6 is 15.9 Å². The molecule has 1 amide bonds. The highest BCUT2D eigenvalue weighted by atomic mass is 79.9. The topological polar surface area (TPSA) is 72.4 Å². The lowest BCUT2D eigenvalue weighted by atomic mass is 10.2. The van der Waals surface area contributed by atoms with E-state index in [0.29, 0.717) is 23.8 Å². The van der Waals surface area contributed by atoms with E-state index in [-0.39, 0.29) is 18.3 Å². The number of amides is 1. The Hall–Kier alpha value is -3.43. The smallest absolute Gasteiger partial charge is 0.262 e. The number of aliphatic imine (C=N–C) groups is 1. The number of benzene rings is 3. The van der Waals surface area contributed by atoms with Gasteiger partial charge < -0.3 is 24.4 Å². The van der Waals surface area contributed by atoms with Crippen LogP contribution in [-0.4, -0.2) is 51.6 Å². The van der Waals surface area contributed by atoms with Crippen LogP contribution in [-0.2, 0) is 9.53 Å². The SMILES string of the molecule is CCOc1cc(C=Nc2ccc(N3CCOCC3)cc2)c(Br)cc1OCC(=O)Nc1ccc(F)cc1. The maximum absolute atomic E-state index is 13.0. The predicted octanol–water partition coefficient (Wildman–Crippen LogP) is 5.59. The molecular weight excluding hydrogens is 529 g/mol. The van der Waals surface area contributed by atoms with Crippen LogP contribution < -0.4 is 19.7 Å². The van der Waals surface area contributed by atoms with Crippen molar-refractivity contribution in [2.24, 2.45) is 4.99 Å². The highest BCUT2D eigenvalue weighted by molar-refractivity contribution is 9.10. The van der Waals surface area contributed by atoms with Crippen LogP contribution in [0.3, 0.4) is 0 Å². The molecule has 3 aromatic carbocycles. The molecule has 0 bridgehead atoms. The first-order valence-electron chi connectivity index (χ1n) is 11.6. The van der Waals surface area contributed by atoms with Crippen molar-refractivity contribution < 1.29 is 23.4 Å². The molecule has 1 N–H and O–H groups in total. The van der Waals surface area contributed by atoms with Gasteiger partial charge in [-0.2, -0.15) is 0 Å². The Bertz CT molecular complexity index is 1200. The van der Waals surface area contributed by atoms with Gasteiger partial charge in [-0.15, -0.1) is 0 Å². The number of nitrogens with one attached hydrogen (secondary N) is 1. The summed E-state index contributed by atoms with van der Waals surface area (Å²) in [6.07, 6.45) is 1.75. The van der Waals surface area contributed by atoms with E-state index in [0.717, 1.165) is 47.7 Å². The number of anilines is 2. The summed E-state index contributed by atoms with van der Waals surface area (Å²) < 4.78 is 30.7. The average molecular weight is 556 g/mol. The zero-order valence-corrected chi connectivity index (χ0v) is 21.5. The number of ether oxygens (including phenoxy) is 3. The van der Waals surface area contributed by atoms with Gasteiger partial charge >= 0.3 is 0 Å². The second kappa shape index (κ2) is 12.5. The molecule has 1 fully saturated rings. The van der Waals surface area contributed by atoms with Crippen LogP contribution in [0.2, 0.25) is 0 Å². The van der Waals surface area contributed by atoms with Gasteiger partial charge in [0.2, 0.25) is 0 Å². The quantitative estimate of drug-likeness (QED) is 0.348. The molecule has 0 unspecified atom stereocenters. The summed E-state index contributed by atoms with van der Waals surface area (Å²) in [5.74, 6) is 0.180. The Morgan fingerprint density at radius 3 is 2.47 bits per heavy atom. The van der Waals surface area contributed by atoms with Crippen molar-refractivity contribution in [3.8, 4) is 11.5 Å². The Labute approximate surface area is 218 Å². The zero-order valence-electron chi connectivity index (χ0n) is 19.9. The molecule has 36 heavy (non-hydrogen) atoms. The first-order chi connectivity index (χ1) is 17.5. The maximum atomic E-state index is 13.0. The highest BCUT2D eigenvalue weighted by Gasteiger charge is 2.13. The number of hydrogen-bond acceptors (Lipinski definition) is 6. The zero-order chi connectivity index (χ0) is 25.3. The summed E-state index contributed by atoms with van der Waals surface area (Å²) in [6.45, 7) is 5.34. The van der Waals surface area contributed by atoms with E-state index in [9.17, 15) is 9.18 Å². The van der Waals surface area contributed by atoms with Gasteiger partial charge in [0.1, 0.15) is 5.82 Å². The van der Waals surface area contributed by atoms with Crippen molar-refractivity contribution in [3.63, 3.8) is 0 Å². The van der Waals surface area contributed by atoms with Crippen molar-refractivity contribution >= 4 is 45.1 Å². The minimum absolute atomic E-state index is 0.229. The van der Waals surface area contributed by atoms with Crippen LogP contribution in [0, 0.1) is 5.82 Å². The molecule has 1 saturated heterocycles.